The highest BCUT2D eigenvalue weighted by molar-refractivity contribution is 6.44. The van der Waals surface area contributed by atoms with Crippen molar-refractivity contribution in [1.29, 1.82) is 0 Å². The first kappa shape index (κ1) is 11.2. The molecular formula is C11H16O2Si. The second-order valence-corrected chi connectivity index (χ2v) is 4.56. The van der Waals surface area contributed by atoms with Crippen LogP contribution < -0.4 is 0 Å². The Labute approximate surface area is 87.4 Å². The lowest BCUT2D eigenvalue weighted by molar-refractivity contribution is -0.0430. The first-order chi connectivity index (χ1) is 6.86. The molecule has 0 aliphatic rings. The quantitative estimate of drug-likeness (QED) is 0.538. The third-order valence-corrected chi connectivity index (χ3v) is 3.52. The van der Waals surface area contributed by atoms with Crippen molar-refractivity contribution in [3.8, 4) is 0 Å². The van der Waals surface area contributed by atoms with E-state index in [0.29, 0.717) is 0 Å². The van der Waals surface area contributed by atoms with Crippen LogP contribution in [0.5, 0.6) is 0 Å². The molecule has 0 saturated carbocycles. The number of methoxy groups -OCH3 is 2. The highest BCUT2D eigenvalue weighted by Crippen LogP contribution is 2.00. The van der Waals surface area contributed by atoms with Gasteiger partial charge in [0.2, 0.25) is 0 Å². The number of hydrogen-bond donors (Lipinski definition) is 0. The Hall–Kier alpha value is -0.903. The molecule has 1 aromatic carbocycles. The first-order valence-electron chi connectivity index (χ1n) is 4.64. The van der Waals surface area contributed by atoms with E-state index in [0.717, 1.165) is 0 Å². The smallest absolute Gasteiger partial charge is 0.138 e. The number of benzene rings is 1. The fourth-order valence-corrected chi connectivity index (χ4v) is 2.18. The van der Waals surface area contributed by atoms with Gasteiger partial charge in [-0.15, -0.1) is 0 Å². The second-order valence-electron chi connectivity index (χ2n) is 2.95. The minimum absolute atomic E-state index is 0.00466. The molecule has 0 saturated heterocycles. The maximum atomic E-state index is 5.13. The van der Waals surface area contributed by atoms with Gasteiger partial charge in [0.1, 0.15) is 15.4 Å². The van der Waals surface area contributed by atoms with E-state index >= 15 is 0 Å². The SMILES string of the molecule is COC(OC)[SiH2]C=Cc1ccccc1. The molecule has 14 heavy (non-hydrogen) atoms. The molecule has 0 aromatic heterocycles. The summed E-state index contributed by atoms with van der Waals surface area (Å²) in [6, 6.07) is 10.2. The molecule has 0 unspecified atom stereocenters. The van der Waals surface area contributed by atoms with Gasteiger partial charge in [-0.3, -0.25) is 0 Å². The number of ether oxygens (including phenoxy) is 2. The summed E-state index contributed by atoms with van der Waals surface area (Å²) in [5.41, 5.74) is 3.42. The fourth-order valence-electron chi connectivity index (χ4n) is 1.17. The largest absolute Gasteiger partial charge is 0.360 e. The molecule has 2 nitrogen and oxygen atoms in total. The van der Waals surface area contributed by atoms with Crippen molar-refractivity contribution in [2.75, 3.05) is 14.2 Å². The molecular weight excluding hydrogens is 192 g/mol. The average Bonchev–Trinajstić information content (AvgIpc) is 2.26. The van der Waals surface area contributed by atoms with Gasteiger partial charge in [-0.05, 0) is 5.56 Å². The van der Waals surface area contributed by atoms with Crippen LogP contribution in [0.1, 0.15) is 5.56 Å². The van der Waals surface area contributed by atoms with Gasteiger partial charge in [0.05, 0.1) is 0 Å². The summed E-state index contributed by atoms with van der Waals surface area (Å²) in [6.07, 6.45) is 2.12. The van der Waals surface area contributed by atoms with Crippen molar-refractivity contribution in [1.82, 2.24) is 0 Å². The number of rotatable bonds is 5. The lowest BCUT2D eigenvalue weighted by Gasteiger charge is -2.09. The minimum Gasteiger partial charge on any atom is -0.360 e. The number of hydrogen-bond acceptors (Lipinski definition) is 2. The molecule has 1 aromatic rings. The molecule has 0 spiro atoms. The van der Waals surface area contributed by atoms with Gasteiger partial charge in [0, 0.05) is 14.2 Å². The summed E-state index contributed by atoms with van der Waals surface area (Å²) >= 11 is 0. The molecule has 0 fully saturated rings. The van der Waals surface area contributed by atoms with Gasteiger partial charge in [0.15, 0.2) is 0 Å². The van der Waals surface area contributed by atoms with Crippen LogP contribution in [0, 0.1) is 0 Å². The van der Waals surface area contributed by atoms with Gasteiger partial charge >= 0.3 is 0 Å². The molecule has 0 amide bonds. The Balaban J connectivity index is 2.41. The van der Waals surface area contributed by atoms with Crippen LogP contribution in [-0.2, 0) is 9.47 Å². The zero-order chi connectivity index (χ0) is 10.2. The van der Waals surface area contributed by atoms with Crippen LogP contribution >= 0.6 is 0 Å². The van der Waals surface area contributed by atoms with E-state index in [2.05, 4.69) is 23.9 Å². The van der Waals surface area contributed by atoms with Gasteiger partial charge in [-0.25, -0.2) is 0 Å². The van der Waals surface area contributed by atoms with Gasteiger partial charge in [-0.1, -0.05) is 42.1 Å². The minimum atomic E-state index is -0.444. The molecule has 76 valence electrons. The highest BCUT2D eigenvalue weighted by atomic mass is 28.2. The molecule has 0 aliphatic heterocycles. The van der Waals surface area contributed by atoms with Crippen LogP contribution in [-0.4, -0.2) is 29.7 Å². The summed E-state index contributed by atoms with van der Waals surface area (Å²) in [5.74, 6) is -0.00466. The monoisotopic (exact) mass is 208 g/mol. The van der Waals surface area contributed by atoms with Gasteiger partial charge in [0.25, 0.3) is 0 Å². The van der Waals surface area contributed by atoms with E-state index in [1.54, 1.807) is 14.2 Å². The Kier molecular flexibility index (Phi) is 5.22. The summed E-state index contributed by atoms with van der Waals surface area (Å²) in [5, 5.41) is 0. The van der Waals surface area contributed by atoms with Crippen molar-refractivity contribution in [3.05, 3.63) is 41.6 Å². The zero-order valence-electron chi connectivity index (χ0n) is 8.64. The van der Waals surface area contributed by atoms with Crippen molar-refractivity contribution in [2.45, 2.75) is 5.91 Å². The van der Waals surface area contributed by atoms with Gasteiger partial charge in [-0.2, -0.15) is 0 Å². The highest BCUT2D eigenvalue weighted by Gasteiger charge is 2.00. The van der Waals surface area contributed by atoms with Crippen LogP contribution in [0.15, 0.2) is 36.0 Å². The topological polar surface area (TPSA) is 18.5 Å². The van der Waals surface area contributed by atoms with Crippen LogP contribution in [0.3, 0.4) is 0 Å². The molecule has 0 atom stereocenters. The first-order valence-corrected chi connectivity index (χ1v) is 6.27. The molecule has 0 N–H and O–H groups in total. The Morgan fingerprint density at radius 2 is 1.79 bits per heavy atom. The maximum Gasteiger partial charge on any atom is 0.138 e. The summed E-state index contributed by atoms with van der Waals surface area (Å²) in [7, 11) is 2.91. The van der Waals surface area contributed by atoms with E-state index in [-0.39, 0.29) is 5.91 Å². The average molecular weight is 208 g/mol. The summed E-state index contributed by atoms with van der Waals surface area (Å²) in [4.78, 5) is 0. The van der Waals surface area contributed by atoms with Crippen LogP contribution in [0.2, 0.25) is 0 Å². The maximum absolute atomic E-state index is 5.13. The Morgan fingerprint density at radius 3 is 2.36 bits per heavy atom. The lowest BCUT2D eigenvalue weighted by atomic mass is 10.2. The molecule has 0 aliphatic carbocycles. The van der Waals surface area contributed by atoms with Crippen molar-refractivity contribution in [3.63, 3.8) is 0 Å². The molecule has 3 heteroatoms. The second kappa shape index (κ2) is 6.54. The summed E-state index contributed by atoms with van der Waals surface area (Å²) in [6.45, 7) is 0. The van der Waals surface area contributed by atoms with E-state index in [1.165, 1.54) is 5.56 Å². The van der Waals surface area contributed by atoms with Crippen LogP contribution in [0.4, 0.5) is 0 Å². The van der Waals surface area contributed by atoms with Gasteiger partial charge < -0.3 is 9.47 Å². The molecule has 0 heterocycles. The molecule has 1 rings (SSSR count). The van der Waals surface area contributed by atoms with E-state index in [4.69, 9.17) is 9.47 Å². The normalized spacial score (nSPS) is 12.2. The lowest BCUT2D eigenvalue weighted by Crippen LogP contribution is -2.19. The molecule has 0 radical (unpaired) electrons. The Morgan fingerprint density at radius 1 is 1.14 bits per heavy atom. The van der Waals surface area contributed by atoms with E-state index in [9.17, 15) is 0 Å². The van der Waals surface area contributed by atoms with Crippen molar-refractivity contribution < 1.29 is 9.47 Å². The fraction of sp³-hybridized carbons (Fsp3) is 0.273. The third-order valence-electron chi connectivity index (χ3n) is 1.96. The standard InChI is InChI=1S/C11H16O2Si/c1-12-11(13-2)14-9-8-10-6-4-3-5-7-10/h3-9,11H,14H2,1-2H3. The molecule has 0 bridgehead atoms. The summed E-state index contributed by atoms with van der Waals surface area (Å²) < 4.78 is 10.3. The van der Waals surface area contributed by atoms with E-state index < -0.39 is 9.52 Å². The predicted octanol–water partition coefficient (Wildman–Crippen LogP) is 1.40. The van der Waals surface area contributed by atoms with Crippen LogP contribution in [0.25, 0.3) is 6.08 Å². The Bertz CT molecular complexity index is 268. The zero-order valence-corrected chi connectivity index (χ0v) is 10.1. The van der Waals surface area contributed by atoms with E-state index in [1.807, 2.05) is 18.2 Å². The predicted molar refractivity (Wildman–Crippen MR) is 61.8 cm³/mol. The van der Waals surface area contributed by atoms with Crippen molar-refractivity contribution >= 4 is 15.6 Å². The van der Waals surface area contributed by atoms with Crippen molar-refractivity contribution in [2.24, 2.45) is 0 Å². The third kappa shape index (κ3) is 3.87.